The Hall–Kier alpha value is -1.31. The third-order valence-electron chi connectivity index (χ3n) is 3.18. The van der Waals surface area contributed by atoms with Crippen LogP contribution in [0.2, 0.25) is 10.0 Å². The Balaban J connectivity index is 1.65. The van der Waals surface area contributed by atoms with Crippen LogP contribution in [0.4, 0.5) is 5.82 Å². The molecule has 2 heterocycles. The molecule has 0 radical (unpaired) electrons. The maximum atomic E-state index is 12.3. The molecule has 116 valence electrons. The number of nitrogens with one attached hydrogen (secondary N) is 1. The predicted molar refractivity (Wildman–Crippen MR) is 86.5 cm³/mol. The number of halogens is 2. The molecule has 1 aliphatic carbocycles. The van der Waals surface area contributed by atoms with E-state index in [1.807, 2.05) is 4.57 Å². The highest BCUT2D eigenvalue weighted by Crippen LogP contribution is 2.38. The Morgan fingerprint density at radius 1 is 1.50 bits per heavy atom. The zero-order valence-corrected chi connectivity index (χ0v) is 14.0. The smallest absolute Gasteiger partial charge is 0.238 e. The van der Waals surface area contributed by atoms with Crippen molar-refractivity contribution >= 4 is 46.7 Å². The number of nitrogens with zero attached hydrogens (tertiary/aromatic N) is 4. The summed E-state index contributed by atoms with van der Waals surface area (Å²) in [5.74, 6) is 0.0965. The molecule has 1 fully saturated rings. The van der Waals surface area contributed by atoms with Crippen molar-refractivity contribution in [3.8, 4) is 0 Å². The van der Waals surface area contributed by atoms with E-state index in [0.717, 1.165) is 18.0 Å². The first kappa shape index (κ1) is 15.6. The monoisotopic (exact) mass is 357 g/mol. The van der Waals surface area contributed by atoms with E-state index in [9.17, 15) is 4.79 Å². The van der Waals surface area contributed by atoms with Crippen LogP contribution in [0.3, 0.4) is 0 Å². The zero-order chi connectivity index (χ0) is 15.7. The molecule has 1 N–H and O–H groups in total. The molecule has 1 aliphatic rings. The van der Waals surface area contributed by atoms with E-state index in [1.165, 1.54) is 24.0 Å². The van der Waals surface area contributed by atoms with Crippen LogP contribution in [0.5, 0.6) is 0 Å². The number of hydrogen-bond donors (Lipinski definition) is 1. The lowest BCUT2D eigenvalue weighted by Gasteiger charge is -2.12. The number of carbonyl (C=O) groups excluding carboxylic acids is 1. The van der Waals surface area contributed by atoms with Gasteiger partial charge in [0.15, 0.2) is 11.0 Å². The van der Waals surface area contributed by atoms with Crippen LogP contribution in [0.15, 0.2) is 23.7 Å². The van der Waals surface area contributed by atoms with Crippen molar-refractivity contribution in [2.75, 3.05) is 5.32 Å². The number of pyridine rings is 1. The van der Waals surface area contributed by atoms with Gasteiger partial charge in [-0.15, -0.1) is 10.2 Å². The summed E-state index contributed by atoms with van der Waals surface area (Å²) in [7, 11) is 0. The number of hydrogen-bond acceptors (Lipinski definition) is 5. The fourth-order valence-corrected chi connectivity index (χ4v) is 3.18. The number of aromatic nitrogens is 4. The summed E-state index contributed by atoms with van der Waals surface area (Å²) in [6.07, 6.45) is 5.42. The van der Waals surface area contributed by atoms with Crippen LogP contribution in [-0.4, -0.2) is 30.9 Å². The molecule has 2 aromatic heterocycles. The first-order valence-corrected chi connectivity index (χ1v) is 8.36. The van der Waals surface area contributed by atoms with Crippen LogP contribution in [0.25, 0.3) is 0 Å². The Kier molecular flexibility index (Phi) is 4.56. The third-order valence-corrected chi connectivity index (χ3v) is 4.75. The molecule has 0 bridgehead atoms. The minimum atomic E-state index is -0.352. The lowest BCUT2D eigenvalue weighted by Crippen LogP contribution is -2.23. The Labute approximate surface area is 141 Å². The molecule has 0 aromatic carbocycles. The summed E-state index contributed by atoms with van der Waals surface area (Å²) >= 11 is 13.1. The second-order valence-corrected chi connectivity index (χ2v) is 7.14. The maximum Gasteiger partial charge on any atom is 0.238 e. The first-order chi connectivity index (χ1) is 10.5. The zero-order valence-electron chi connectivity index (χ0n) is 11.7. The maximum absolute atomic E-state index is 12.3. The molecule has 3 rings (SSSR count). The molecule has 1 unspecified atom stereocenters. The molecule has 9 heteroatoms. The molecule has 1 amide bonds. The van der Waals surface area contributed by atoms with Crippen molar-refractivity contribution in [3.63, 3.8) is 0 Å². The highest BCUT2D eigenvalue weighted by Gasteiger charge is 2.28. The van der Waals surface area contributed by atoms with Crippen LogP contribution >= 0.6 is 35.0 Å². The molecule has 1 atom stereocenters. The van der Waals surface area contributed by atoms with E-state index in [-0.39, 0.29) is 11.2 Å². The Morgan fingerprint density at radius 3 is 2.95 bits per heavy atom. The van der Waals surface area contributed by atoms with E-state index in [4.69, 9.17) is 23.2 Å². The van der Waals surface area contributed by atoms with Gasteiger partial charge in [0.2, 0.25) is 5.91 Å². The van der Waals surface area contributed by atoms with E-state index in [2.05, 4.69) is 20.5 Å². The third kappa shape index (κ3) is 3.53. The minimum Gasteiger partial charge on any atom is -0.308 e. The lowest BCUT2D eigenvalue weighted by atomic mass is 10.4. The Bertz CT molecular complexity index is 703. The fourth-order valence-electron chi connectivity index (χ4n) is 1.86. The molecule has 0 spiro atoms. The van der Waals surface area contributed by atoms with Gasteiger partial charge in [0.25, 0.3) is 0 Å². The van der Waals surface area contributed by atoms with Gasteiger partial charge in [-0.05, 0) is 25.8 Å². The molecule has 22 heavy (non-hydrogen) atoms. The van der Waals surface area contributed by atoms with Gasteiger partial charge in [-0.25, -0.2) is 4.98 Å². The van der Waals surface area contributed by atoms with Gasteiger partial charge >= 0.3 is 0 Å². The molecular formula is C13H13Cl2N5OS. The van der Waals surface area contributed by atoms with Crippen molar-refractivity contribution in [1.29, 1.82) is 0 Å². The van der Waals surface area contributed by atoms with Gasteiger partial charge in [0.05, 0.1) is 15.3 Å². The van der Waals surface area contributed by atoms with Crippen LogP contribution in [0, 0.1) is 0 Å². The molecule has 6 nitrogen and oxygen atoms in total. The number of thioether (sulfide) groups is 1. The number of amides is 1. The summed E-state index contributed by atoms with van der Waals surface area (Å²) in [5, 5.41) is 11.8. The summed E-state index contributed by atoms with van der Waals surface area (Å²) in [6.45, 7) is 1.80. The SMILES string of the molecule is CC(Sc1nncn1C1CC1)C(=O)Nc1ncc(Cl)cc1Cl. The highest BCUT2D eigenvalue weighted by molar-refractivity contribution is 8.00. The van der Waals surface area contributed by atoms with Crippen molar-refractivity contribution in [3.05, 3.63) is 28.6 Å². The normalized spacial score (nSPS) is 15.6. The highest BCUT2D eigenvalue weighted by atomic mass is 35.5. The lowest BCUT2D eigenvalue weighted by molar-refractivity contribution is -0.115. The van der Waals surface area contributed by atoms with Crippen molar-refractivity contribution in [2.24, 2.45) is 0 Å². The molecule has 0 aliphatic heterocycles. The average Bonchev–Trinajstić information content (AvgIpc) is 3.22. The average molecular weight is 358 g/mol. The van der Waals surface area contributed by atoms with Crippen molar-refractivity contribution in [1.82, 2.24) is 19.7 Å². The molecule has 2 aromatic rings. The molecule has 1 saturated carbocycles. The Morgan fingerprint density at radius 2 is 2.27 bits per heavy atom. The predicted octanol–water partition coefficient (Wildman–Crippen LogP) is 3.43. The summed E-state index contributed by atoms with van der Waals surface area (Å²) in [4.78, 5) is 16.3. The van der Waals surface area contributed by atoms with Crippen LogP contribution in [-0.2, 0) is 4.79 Å². The second-order valence-electron chi connectivity index (χ2n) is 4.99. The van der Waals surface area contributed by atoms with Crippen LogP contribution in [0.1, 0.15) is 25.8 Å². The van der Waals surface area contributed by atoms with E-state index >= 15 is 0 Å². The van der Waals surface area contributed by atoms with E-state index in [1.54, 1.807) is 13.3 Å². The van der Waals surface area contributed by atoms with Crippen LogP contribution < -0.4 is 5.32 Å². The summed E-state index contributed by atoms with van der Waals surface area (Å²) in [6, 6.07) is 2.01. The van der Waals surface area contributed by atoms with E-state index < -0.39 is 0 Å². The first-order valence-electron chi connectivity index (χ1n) is 6.72. The van der Waals surface area contributed by atoms with Gasteiger partial charge in [0.1, 0.15) is 6.33 Å². The van der Waals surface area contributed by atoms with Gasteiger partial charge in [-0.2, -0.15) is 0 Å². The van der Waals surface area contributed by atoms with Crippen molar-refractivity contribution < 1.29 is 4.79 Å². The van der Waals surface area contributed by atoms with Crippen molar-refractivity contribution in [2.45, 2.75) is 36.2 Å². The summed E-state index contributed by atoms with van der Waals surface area (Å²) in [5.41, 5.74) is 0. The van der Waals surface area contributed by atoms with Gasteiger partial charge in [-0.3, -0.25) is 4.79 Å². The van der Waals surface area contributed by atoms with Gasteiger partial charge in [0, 0.05) is 12.2 Å². The topological polar surface area (TPSA) is 72.7 Å². The minimum absolute atomic E-state index is 0.202. The number of anilines is 1. The molecular weight excluding hydrogens is 345 g/mol. The fraction of sp³-hybridized carbons (Fsp3) is 0.385. The standard InChI is InChI=1S/C13H13Cl2N5OS/c1-7(22-13-19-17-6-20(13)9-2-3-9)12(21)18-11-10(15)4-8(14)5-16-11/h4-7,9H,2-3H2,1H3,(H,16,18,21). The number of rotatable bonds is 5. The quantitative estimate of drug-likeness (QED) is 0.829. The summed E-state index contributed by atoms with van der Waals surface area (Å²) < 4.78 is 2.02. The second kappa shape index (κ2) is 6.44. The number of carbonyl (C=O) groups is 1. The van der Waals surface area contributed by atoms with E-state index in [0.29, 0.717) is 21.9 Å². The van der Waals surface area contributed by atoms with Gasteiger partial charge < -0.3 is 9.88 Å². The largest absolute Gasteiger partial charge is 0.308 e. The molecule has 0 saturated heterocycles. The van der Waals surface area contributed by atoms with Gasteiger partial charge in [-0.1, -0.05) is 35.0 Å².